The van der Waals surface area contributed by atoms with E-state index < -0.39 is 22.0 Å². The lowest BCUT2D eigenvalue weighted by Gasteiger charge is -2.42. The molecular formula is C29H38N4O6S. The van der Waals surface area contributed by atoms with E-state index in [1.54, 1.807) is 55.3 Å². The number of hydrogen-bond donors (Lipinski definition) is 1. The lowest BCUT2D eigenvalue weighted by atomic mass is 9.93. The van der Waals surface area contributed by atoms with Gasteiger partial charge in [0.15, 0.2) is 0 Å². The molecule has 2 amide bonds. The van der Waals surface area contributed by atoms with Crippen molar-refractivity contribution in [2.75, 3.05) is 46.4 Å². The zero-order chi connectivity index (χ0) is 29.0. The van der Waals surface area contributed by atoms with Gasteiger partial charge in [0.05, 0.1) is 30.2 Å². The number of benzene rings is 2. The minimum absolute atomic E-state index is 0.188. The summed E-state index contributed by atoms with van der Waals surface area (Å²) in [6, 6.07) is 12.8. The molecule has 0 radical (unpaired) electrons. The molecule has 2 aliphatic heterocycles. The van der Waals surface area contributed by atoms with Crippen molar-refractivity contribution in [3.63, 3.8) is 0 Å². The largest absolute Gasteiger partial charge is 0.497 e. The summed E-state index contributed by atoms with van der Waals surface area (Å²) in [4.78, 5) is 30.6. The molecule has 0 aromatic heterocycles. The van der Waals surface area contributed by atoms with Gasteiger partial charge in [0.2, 0.25) is 10.0 Å². The Labute approximate surface area is 236 Å². The summed E-state index contributed by atoms with van der Waals surface area (Å²) in [5.74, 6) is 0.103. The third-order valence-corrected chi connectivity index (χ3v) is 9.36. The van der Waals surface area contributed by atoms with Gasteiger partial charge in [-0.2, -0.15) is 4.31 Å². The minimum Gasteiger partial charge on any atom is -0.497 e. The molecule has 10 nitrogen and oxygen atoms in total. The van der Waals surface area contributed by atoms with Crippen LogP contribution in [0.2, 0.25) is 0 Å². The minimum atomic E-state index is -3.66. The van der Waals surface area contributed by atoms with E-state index in [4.69, 9.17) is 9.47 Å². The summed E-state index contributed by atoms with van der Waals surface area (Å²) >= 11 is 0. The van der Waals surface area contributed by atoms with Crippen molar-refractivity contribution >= 4 is 22.0 Å². The van der Waals surface area contributed by atoms with Crippen molar-refractivity contribution in [2.24, 2.45) is 0 Å². The van der Waals surface area contributed by atoms with Crippen LogP contribution in [0.25, 0.3) is 0 Å². The number of sulfonamides is 1. The predicted octanol–water partition coefficient (Wildman–Crippen LogP) is 3.30. The van der Waals surface area contributed by atoms with E-state index in [0.717, 1.165) is 5.56 Å². The van der Waals surface area contributed by atoms with Crippen LogP contribution in [0.15, 0.2) is 64.7 Å². The molecule has 4 rings (SSSR count). The number of nitrogens with zero attached hydrogens (tertiary/aromatic N) is 3. The molecule has 0 spiro atoms. The van der Waals surface area contributed by atoms with Crippen LogP contribution in [0.1, 0.15) is 37.9 Å². The molecule has 2 aromatic rings. The topological polar surface area (TPSA) is 108 Å². The number of amides is 2. The highest BCUT2D eigenvalue weighted by atomic mass is 32.2. The number of urea groups is 1. The zero-order valence-corrected chi connectivity index (χ0v) is 24.5. The molecule has 1 N–H and O–H groups in total. The maximum atomic E-state index is 13.4. The van der Waals surface area contributed by atoms with Gasteiger partial charge in [-0.1, -0.05) is 29.8 Å². The molecule has 2 aromatic carbocycles. The molecule has 0 aliphatic carbocycles. The highest BCUT2D eigenvalue weighted by Gasteiger charge is 2.40. The first-order chi connectivity index (χ1) is 19.1. The molecule has 2 heterocycles. The quantitative estimate of drug-likeness (QED) is 0.461. The molecular weight excluding hydrogens is 532 g/mol. The Hall–Kier alpha value is -3.41. The van der Waals surface area contributed by atoms with E-state index in [1.807, 2.05) is 32.9 Å². The van der Waals surface area contributed by atoms with Gasteiger partial charge < -0.3 is 14.8 Å². The van der Waals surface area contributed by atoms with Gasteiger partial charge >= 0.3 is 12.0 Å². The number of rotatable bonds is 9. The molecule has 11 heteroatoms. The van der Waals surface area contributed by atoms with Crippen molar-refractivity contribution in [3.05, 3.63) is 70.9 Å². The van der Waals surface area contributed by atoms with E-state index in [1.165, 1.54) is 4.31 Å². The fourth-order valence-electron chi connectivity index (χ4n) is 5.30. The SMILES string of the molecule is CCOC(=O)C1=C(CN2CCN(S(=O)(=O)c3ccc(C)cc3)C(C)C2)N(CC)C(=O)NC1c1cccc(OC)c1. The number of piperazine rings is 1. The lowest BCUT2D eigenvalue weighted by Crippen LogP contribution is -2.56. The zero-order valence-electron chi connectivity index (χ0n) is 23.7. The van der Waals surface area contributed by atoms with Crippen molar-refractivity contribution in [2.45, 2.75) is 44.7 Å². The van der Waals surface area contributed by atoms with Crippen molar-refractivity contribution < 1.29 is 27.5 Å². The molecule has 0 bridgehead atoms. The molecule has 2 atom stereocenters. The smallest absolute Gasteiger partial charge is 0.338 e. The lowest BCUT2D eigenvalue weighted by molar-refractivity contribution is -0.139. The van der Waals surface area contributed by atoms with E-state index in [2.05, 4.69) is 10.2 Å². The Balaban J connectivity index is 1.66. The third-order valence-electron chi connectivity index (χ3n) is 7.33. The summed E-state index contributed by atoms with van der Waals surface area (Å²) < 4.78 is 39.1. The first-order valence-electron chi connectivity index (χ1n) is 13.5. The second-order valence-electron chi connectivity index (χ2n) is 10.00. The molecule has 1 saturated heterocycles. The number of ether oxygens (including phenoxy) is 2. The van der Waals surface area contributed by atoms with Gasteiger partial charge in [0.1, 0.15) is 5.75 Å². The Morgan fingerprint density at radius 3 is 2.45 bits per heavy atom. The molecule has 40 heavy (non-hydrogen) atoms. The van der Waals surface area contributed by atoms with Crippen molar-refractivity contribution in [1.29, 1.82) is 0 Å². The Morgan fingerprint density at radius 2 is 1.82 bits per heavy atom. The maximum Gasteiger partial charge on any atom is 0.338 e. The Bertz CT molecular complexity index is 1380. The van der Waals surface area contributed by atoms with Gasteiger partial charge in [0.25, 0.3) is 0 Å². The number of aryl methyl sites for hydroxylation is 1. The van der Waals surface area contributed by atoms with E-state index in [-0.39, 0.29) is 30.1 Å². The average Bonchev–Trinajstić information content (AvgIpc) is 2.93. The summed E-state index contributed by atoms with van der Waals surface area (Å²) in [5, 5.41) is 2.97. The van der Waals surface area contributed by atoms with E-state index in [0.29, 0.717) is 48.8 Å². The fraction of sp³-hybridized carbons (Fsp3) is 0.448. The van der Waals surface area contributed by atoms with Gasteiger partial charge in [-0.05, 0) is 57.5 Å². The summed E-state index contributed by atoms with van der Waals surface area (Å²) in [7, 11) is -2.10. The van der Waals surface area contributed by atoms with Crippen LogP contribution in [-0.2, 0) is 19.6 Å². The van der Waals surface area contributed by atoms with E-state index >= 15 is 0 Å². The van der Waals surface area contributed by atoms with Crippen LogP contribution < -0.4 is 10.1 Å². The number of esters is 1. The number of carbonyl (C=O) groups excluding carboxylic acids is 2. The Kier molecular flexibility index (Phi) is 9.17. The number of nitrogens with one attached hydrogen (secondary N) is 1. The first-order valence-corrected chi connectivity index (χ1v) is 15.0. The molecule has 2 unspecified atom stereocenters. The monoisotopic (exact) mass is 570 g/mol. The summed E-state index contributed by atoms with van der Waals surface area (Å²) in [6.45, 7) is 9.39. The second kappa shape index (κ2) is 12.4. The summed E-state index contributed by atoms with van der Waals surface area (Å²) in [5.41, 5.74) is 2.61. The number of methoxy groups -OCH3 is 1. The number of likely N-dealkylation sites (N-methyl/N-ethyl adjacent to an activating group) is 1. The highest BCUT2D eigenvalue weighted by Crippen LogP contribution is 2.34. The average molecular weight is 571 g/mol. The van der Waals surface area contributed by atoms with Gasteiger partial charge in [0, 0.05) is 44.5 Å². The Morgan fingerprint density at radius 1 is 1.10 bits per heavy atom. The highest BCUT2D eigenvalue weighted by molar-refractivity contribution is 7.89. The van der Waals surface area contributed by atoms with Gasteiger partial charge in [-0.3, -0.25) is 9.80 Å². The first kappa shape index (κ1) is 29.6. The van der Waals surface area contributed by atoms with Crippen LogP contribution in [0.5, 0.6) is 5.75 Å². The van der Waals surface area contributed by atoms with Gasteiger partial charge in [-0.25, -0.2) is 18.0 Å². The molecule has 216 valence electrons. The maximum absolute atomic E-state index is 13.4. The van der Waals surface area contributed by atoms with Crippen molar-refractivity contribution in [1.82, 2.24) is 19.4 Å². The number of hydrogen-bond acceptors (Lipinski definition) is 7. The van der Waals surface area contributed by atoms with Crippen LogP contribution >= 0.6 is 0 Å². The third kappa shape index (κ3) is 6.01. The summed E-state index contributed by atoms with van der Waals surface area (Å²) in [6.07, 6.45) is 0. The normalized spacial score (nSPS) is 20.8. The van der Waals surface area contributed by atoms with Crippen LogP contribution in [0, 0.1) is 6.92 Å². The van der Waals surface area contributed by atoms with Crippen molar-refractivity contribution in [3.8, 4) is 5.75 Å². The molecule has 2 aliphatic rings. The number of carbonyl (C=O) groups is 2. The molecule has 1 fully saturated rings. The van der Waals surface area contributed by atoms with Crippen LogP contribution in [0.3, 0.4) is 0 Å². The second-order valence-corrected chi connectivity index (χ2v) is 11.9. The predicted molar refractivity (Wildman–Crippen MR) is 151 cm³/mol. The fourth-order valence-corrected chi connectivity index (χ4v) is 6.92. The van der Waals surface area contributed by atoms with Gasteiger partial charge in [-0.15, -0.1) is 0 Å². The van der Waals surface area contributed by atoms with Crippen LogP contribution in [0.4, 0.5) is 4.79 Å². The van der Waals surface area contributed by atoms with E-state index in [9.17, 15) is 18.0 Å². The molecule has 0 saturated carbocycles. The van der Waals surface area contributed by atoms with Crippen LogP contribution in [-0.4, -0.2) is 87.0 Å². The standard InChI is InChI=1S/C29H38N4O6S/c1-6-32-25(19-31-15-16-33(21(4)18-31)40(36,37)24-13-11-20(3)12-14-24)26(28(34)39-7-2)27(30-29(32)35)22-9-8-10-23(17-22)38-5/h8-14,17,21,27H,6-7,15-16,18-19H2,1-5H3,(H,30,35).